The highest BCUT2D eigenvalue weighted by atomic mass is 32.1. The van der Waals surface area contributed by atoms with Crippen LogP contribution in [0.3, 0.4) is 0 Å². The number of thiophene rings is 1. The average molecular weight is 693 g/mol. The van der Waals surface area contributed by atoms with Crippen LogP contribution in [0, 0.1) is 0 Å². The minimum absolute atomic E-state index is 0.671. The molecule has 0 saturated heterocycles. The molecule has 12 aromatic rings. The highest BCUT2D eigenvalue weighted by Gasteiger charge is 2.26. The summed E-state index contributed by atoms with van der Waals surface area (Å²) in [7, 11) is 0. The first-order valence-corrected chi connectivity index (χ1v) is 18.8. The zero-order valence-corrected chi connectivity index (χ0v) is 29.2. The van der Waals surface area contributed by atoms with E-state index in [4.69, 9.17) is 9.97 Å². The minimum Gasteiger partial charge on any atom is -0.301 e. The van der Waals surface area contributed by atoms with Crippen LogP contribution in [0.15, 0.2) is 170 Å². The summed E-state index contributed by atoms with van der Waals surface area (Å²) in [6, 6.07) is 60.8. The van der Waals surface area contributed by atoms with E-state index in [2.05, 4.69) is 179 Å². The number of benzene rings is 8. The first kappa shape index (κ1) is 28.8. The van der Waals surface area contributed by atoms with Crippen molar-refractivity contribution < 1.29 is 0 Å². The van der Waals surface area contributed by atoms with Crippen LogP contribution in [0.2, 0.25) is 0 Å². The summed E-state index contributed by atoms with van der Waals surface area (Å²) >= 11 is 1.86. The number of rotatable bonds is 3. The van der Waals surface area contributed by atoms with Crippen LogP contribution in [-0.4, -0.2) is 19.1 Å². The predicted octanol–water partition coefficient (Wildman–Crippen LogP) is 13.0. The topological polar surface area (TPSA) is 35.6 Å². The molecule has 0 bridgehead atoms. The molecule has 0 spiro atoms. The third kappa shape index (κ3) is 3.94. The van der Waals surface area contributed by atoms with Crippen molar-refractivity contribution in [3.8, 4) is 22.9 Å². The Balaban J connectivity index is 1.34. The van der Waals surface area contributed by atoms with Gasteiger partial charge in [0, 0.05) is 49.0 Å². The van der Waals surface area contributed by atoms with Crippen LogP contribution in [-0.2, 0) is 0 Å². The Morgan fingerprint density at radius 2 is 1.00 bits per heavy atom. The number of hydrogen-bond acceptors (Lipinski definition) is 3. The molecule has 0 aliphatic carbocycles. The van der Waals surface area contributed by atoms with Crippen molar-refractivity contribution in [2.75, 3.05) is 0 Å². The van der Waals surface area contributed by atoms with E-state index in [9.17, 15) is 0 Å². The van der Waals surface area contributed by atoms with Crippen LogP contribution in [0.25, 0.3) is 108 Å². The Morgan fingerprint density at radius 3 is 1.79 bits per heavy atom. The molecule has 8 aromatic carbocycles. The maximum absolute atomic E-state index is 5.52. The van der Waals surface area contributed by atoms with Crippen LogP contribution >= 0.6 is 11.3 Å². The molecule has 4 aromatic heterocycles. The normalized spacial score (nSPS) is 12.2. The zero-order valence-electron chi connectivity index (χ0n) is 28.4. The summed E-state index contributed by atoms with van der Waals surface area (Å²) in [5, 5.41) is 12.1. The summed E-state index contributed by atoms with van der Waals surface area (Å²) < 4.78 is 6.04. The summed E-state index contributed by atoms with van der Waals surface area (Å²) in [4.78, 5) is 12.2. The van der Waals surface area contributed by atoms with Crippen molar-refractivity contribution in [3.63, 3.8) is 0 Å². The molecule has 0 aliphatic heterocycles. The van der Waals surface area contributed by atoms with Gasteiger partial charge in [0.15, 0.2) is 0 Å². The van der Waals surface area contributed by atoms with Gasteiger partial charge >= 0.3 is 0 Å². The van der Waals surface area contributed by atoms with Crippen LogP contribution < -0.4 is 0 Å². The quantitative estimate of drug-likeness (QED) is 0.173. The second-order valence-electron chi connectivity index (χ2n) is 13.7. The predicted molar refractivity (Wildman–Crippen MR) is 224 cm³/mol. The van der Waals surface area contributed by atoms with Gasteiger partial charge in [-0.15, -0.1) is 11.3 Å². The van der Waals surface area contributed by atoms with Gasteiger partial charge in [-0.3, -0.25) is 4.57 Å². The van der Waals surface area contributed by atoms with E-state index in [-0.39, 0.29) is 0 Å². The maximum atomic E-state index is 5.52. The molecule has 0 unspecified atom stereocenters. The molecule has 0 amide bonds. The maximum Gasteiger partial charge on any atom is 0.235 e. The van der Waals surface area contributed by atoms with Gasteiger partial charge < -0.3 is 4.57 Å². The van der Waals surface area contributed by atoms with Crippen LogP contribution in [0.5, 0.6) is 0 Å². The van der Waals surface area contributed by atoms with Crippen molar-refractivity contribution in [2.24, 2.45) is 0 Å². The summed E-state index contributed by atoms with van der Waals surface area (Å²) in [5.41, 5.74) is 7.55. The Bertz CT molecular complexity index is 3450. The Labute approximate surface area is 307 Å². The molecular formula is C48H28N4S. The van der Waals surface area contributed by atoms with E-state index in [1.807, 2.05) is 11.3 Å². The fourth-order valence-corrected chi connectivity index (χ4v) is 10.1. The molecule has 4 heterocycles. The van der Waals surface area contributed by atoms with Crippen molar-refractivity contribution in [2.45, 2.75) is 0 Å². The number of nitrogens with zero attached hydrogens (tertiary/aromatic N) is 4. The van der Waals surface area contributed by atoms with E-state index >= 15 is 0 Å². The summed E-state index contributed by atoms with van der Waals surface area (Å²) in [5.74, 6) is 0.671. The highest BCUT2D eigenvalue weighted by Crippen LogP contribution is 2.49. The lowest BCUT2D eigenvalue weighted by molar-refractivity contribution is 1.02. The lowest BCUT2D eigenvalue weighted by atomic mass is 9.96. The monoisotopic (exact) mass is 692 g/mol. The van der Waals surface area contributed by atoms with Crippen molar-refractivity contribution in [1.82, 2.24) is 19.1 Å². The summed E-state index contributed by atoms with van der Waals surface area (Å²) in [6.45, 7) is 0. The van der Waals surface area contributed by atoms with Crippen LogP contribution in [0.4, 0.5) is 0 Å². The molecule has 0 aliphatic rings. The zero-order chi connectivity index (χ0) is 34.6. The second kappa shape index (κ2) is 10.8. The summed E-state index contributed by atoms with van der Waals surface area (Å²) in [6.07, 6.45) is 0. The second-order valence-corrected chi connectivity index (χ2v) is 14.7. The van der Waals surface area contributed by atoms with E-state index in [1.54, 1.807) is 0 Å². The molecule has 0 N–H and O–H groups in total. The Kier molecular flexibility index (Phi) is 5.90. The van der Waals surface area contributed by atoms with E-state index < -0.39 is 0 Å². The molecule has 0 fully saturated rings. The van der Waals surface area contributed by atoms with Gasteiger partial charge in [-0.05, 0) is 40.4 Å². The lowest BCUT2D eigenvalue weighted by Crippen LogP contribution is -2.04. The van der Waals surface area contributed by atoms with Gasteiger partial charge in [0.1, 0.15) is 4.83 Å². The lowest BCUT2D eigenvalue weighted by Gasteiger charge is -2.13. The van der Waals surface area contributed by atoms with Crippen molar-refractivity contribution >= 4 is 96.8 Å². The minimum atomic E-state index is 0.671. The molecule has 246 valence electrons. The Morgan fingerprint density at radius 1 is 0.396 bits per heavy atom. The molecular weight excluding hydrogens is 665 g/mol. The molecule has 12 rings (SSSR count). The largest absolute Gasteiger partial charge is 0.301 e. The Hall–Kier alpha value is -6.82. The van der Waals surface area contributed by atoms with Gasteiger partial charge in [0.05, 0.1) is 32.5 Å². The third-order valence-electron chi connectivity index (χ3n) is 10.9. The van der Waals surface area contributed by atoms with E-state index in [0.717, 1.165) is 38.9 Å². The molecule has 0 saturated carbocycles. The van der Waals surface area contributed by atoms with Gasteiger partial charge in [-0.1, -0.05) is 146 Å². The smallest absolute Gasteiger partial charge is 0.235 e. The van der Waals surface area contributed by atoms with Crippen molar-refractivity contribution in [1.29, 1.82) is 0 Å². The van der Waals surface area contributed by atoms with E-state index in [1.165, 1.54) is 63.5 Å². The number of aromatic nitrogens is 4. The fraction of sp³-hybridized carbons (Fsp3) is 0. The highest BCUT2D eigenvalue weighted by molar-refractivity contribution is 7.26. The van der Waals surface area contributed by atoms with Gasteiger partial charge in [-0.25, -0.2) is 9.97 Å². The standard InChI is InChI=1S/C48H28N4S/c1-3-15-29(16-4-1)43-35-23-11-13-25-39(35)49-48(50-43)52-44-34-22-10-8-20-32(34)31-19-7-9-21-33(31)41(44)37-27-28-38-42-36-24-12-14-26-40(36)51(30-17-5-2-6-18-30)47(42)53-46(38)45(37)52/h1-28H. The average Bonchev–Trinajstić information content (AvgIpc) is 3.88. The molecule has 5 heteroatoms. The molecule has 4 nitrogen and oxygen atoms in total. The third-order valence-corrected chi connectivity index (χ3v) is 12.1. The van der Waals surface area contributed by atoms with Crippen molar-refractivity contribution in [3.05, 3.63) is 170 Å². The number of fused-ring (bicyclic) bond motifs is 15. The van der Waals surface area contributed by atoms with Gasteiger partial charge in [0.2, 0.25) is 5.95 Å². The van der Waals surface area contributed by atoms with Gasteiger partial charge in [0.25, 0.3) is 0 Å². The first-order valence-electron chi connectivity index (χ1n) is 17.9. The van der Waals surface area contributed by atoms with Crippen LogP contribution in [0.1, 0.15) is 0 Å². The number of hydrogen-bond donors (Lipinski definition) is 0. The molecule has 0 atom stereocenters. The fourth-order valence-electron chi connectivity index (χ4n) is 8.72. The first-order chi connectivity index (χ1) is 26.3. The van der Waals surface area contributed by atoms with Gasteiger partial charge in [-0.2, -0.15) is 0 Å². The number of para-hydroxylation sites is 3. The SMILES string of the molecule is c1ccc(-c2nc(-n3c4c(ccc5c4sc4c5c5ccccc5n4-c4ccccc4)c4c5ccccc5c5ccccc5c43)nc3ccccc23)cc1. The molecule has 0 radical (unpaired) electrons. The molecule has 53 heavy (non-hydrogen) atoms. The van der Waals surface area contributed by atoms with E-state index in [0.29, 0.717) is 5.95 Å².